The number of ether oxygens (including phenoxy) is 3. The average Bonchev–Trinajstić information content (AvgIpc) is 2.80. The SMILES string of the molecule is CC(C)(C)OC(=O)CC[C@H](NC(=O)NC(CCCCNC(=O)CCCCCN)C(=O)OC(C)(C)C)C(=O)OC(C)(C)C. The molecule has 12 nitrogen and oxygen atoms in total. The highest BCUT2D eigenvalue weighted by Crippen LogP contribution is 2.15. The fourth-order valence-electron chi connectivity index (χ4n) is 3.65. The van der Waals surface area contributed by atoms with Gasteiger partial charge in [0.1, 0.15) is 28.9 Å². The third kappa shape index (κ3) is 21.8. The van der Waals surface area contributed by atoms with Crippen molar-refractivity contribution in [1.29, 1.82) is 0 Å². The van der Waals surface area contributed by atoms with Crippen molar-refractivity contribution in [2.75, 3.05) is 13.1 Å². The molecule has 0 rings (SSSR count). The van der Waals surface area contributed by atoms with Gasteiger partial charge in [-0.3, -0.25) is 9.59 Å². The smallest absolute Gasteiger partial charge is 0.329 e. The highest BCUT2D eigenvalue weighted by atomic mass is 16.6. The first-order chi connectivity index (χ1) is 19.2. The van der Waals surface area contributed by atoms with E-state index in [2.05, 4.69) is 16.0 Å². The number of hydrogen-bond donors (Lipinski definition) is 4. The summed E-state index contributed by atoms with van der Waals surface area (Å²) >= 11 is 0. The summed E-state index contributed by atoms with van der Waals surface area (Å²) in [6, 6.07) is -2.94. The molecule has 0 aliphatic heterocycles. The summed E-state index contributed by atoms with van der Waals surface area (Å²) in [6.07, 6.45) is 4.20. The number of unbranched alkanes of at least 4 members (excludes halogenated alkanes) is 3. The lowest BCUT2D eigenvalue weighted by molar-refractivity contribution is -0.159. The highest BCUT2D eigenvalue weighted by Gasteiger charge is 2.31. The van der Waals surface area contributed by atoms with Crippen molar-refractivity contribution in [3.63, 3.8) is 0 Å². The molecule has 5 N–H and O–H groups in total. The molecule has 0 aliphatic rings. The molecule has 0 aromatic rings. The van der Waals surface area contributed by atoms with E-state index in [-0.39, 0.29) is 25.2 Å². The molecule has 0 spiro atoms. The third-order valence-electron chi connectivity index (χ3n) is 5.40. The van der Waals surface area contributed by atoms with Crippen LogP contribution < -0.4 is 21.7 Å². The number of nitrogens with one attached hydrogen (secondary N) is 3. The monoisotopic (exact) mass is 600 g/mol. The van der Waals surface area contributed by atoms with Gasteiger partial charge in [0, 0.05) is 19.4 Å². The summed E-state index contributed by atoms with van der Waals surface area (Å²) in [7, 11) is 0. The van der Waals surface area contributed by atoms with Gasteiger partial charge < -0.3 is 35.9 Å². The van der Waals surface area contributed by atoms with E-state index in [9.17, 15) is 24.0 Å². The second kappa shape index (κ2) is 18.6. The number of esters is 3. The van der Waals surface area contributed by atoms with E-state index >= 15 is 0 Å². The lowest BCUT2D eigenvalue weighted by atomic mass is 10.1. The Morgan fingerprint density at radius 3 is 1.60 bits per heavy atom. The summed E-state index contributed by atoms with van der Waals surface area (Å²) in [6.45, 7) is 16.5. The standard InChI is InChI=1S/C30H56N4O8/c1-28(2,3)40-24(36)18-17-22(26(38)42-30(7,8)9)34-27(39)33-21(25(37)41-29(4,5)6)15-12-14-20-32-23(35)16-11-10-13-19-31/h21-22H,10-20,31H2,1-9H3,(H,32,35)(H2,33,34,39)/t21?,22-/m0/s1. The molecule has 0 heterocycles. The number of nitrogens with two attached hydrogens (primary N) is 1. The van der Waals surface area contributed by atoms with Gasteiger partial charge in [-0.15, -0.1) is 0 Å². The topological polar surface area (TPSA) is 175 Å². The van der Waals surface area contributed by atoms with Crippen LogP contribution >= 0.6 is 0 Å². The molecule has 1 unspecified atom stereocenters. The molecule has 0 saturated carbocycles. The van der Waals surface area contributed by atoms with E-state index in [1.54, 1.807) is 62.3 Å². The predicted molar refractivity (Wildman–Crippen MR) is 160 cm³/mol. The maximum absolute atomic E-state index is 13.0. The van der Waals surface area contributed by atoms with Crippen molar-refractivity contribution in [3.05, 3.63) is 0 Å². The molecule has 0 saturated heterocycles. The largest absolute Gasteiger partial charge is 0.460 e. The number of carbonyl (C=O) groups excluding carboxylic acids is 5. The van der Waals surface area contributed by atoms with Gasteiger partial charge in [0.15, 0.2) is 0 Å². The Hall–Kier alpha value is -2.89. The predicted octanol–water partition coefficient (Wildman–Crippen LogP) is 3.63. The number of carbonyl (C=O) groups is 5. The zero-order chi connectivity index (χ0) is 32.6. The van der Waals surface area contributed by atoms with Gasteiger partial charge in [-0.1, -0.05) is 6.42 Å². The van der Waals surface area contributed by atoms with Crippen molar-refractivity contribution < 1.29 is 38.2 Å². The Morgan fingerprint density at radius 2 is 1.12 bits per heavy atom. The molecular formula is C30H56N4O8. The van der Waals surface area contributed by atoms with Crippen LogP contribution in [0.25, 0.3) is 0 Å². The molecule has 0 aromatic carbocycles. The number of hydrogen-bond acceptors (Lipinski definition) is 9. The van der Waals surface area contributed by atoms with E-state index in [1.165, 1.54) is 0 Å². The van der Waals surface area contributed by atoms with Gasteiger partial charge in [0.25, 0.3) is 0 Å². The van der Waals surface area contributed by atoms with Crippen LogP contribution in [0.2, 0.25) is 0 Å². The van der Waals surface area contributed by atoms with E-state index in [0.29, 0.717) is 32.4 Å². The van der Waals surface area contributed by atoms with E-state index in [0.717, 1.165) is 19.3 Å². The Bertz CT molecular complexity index is 872. The summed E-state index contributed by atoms with van der Waals surface area (Å²) in [5, 5.41) is 8.01. The number of urea groups is 1. The van der Waals surface area contributed by atoms with Crippen LogP contribution in [0.3, 0.4) is 0 Å². The van der Waals surface area contributed by atoms with Crippen LogP contribution in [0, 0.1) is 0 Å². The number of rotatable bonds is 17. The molecule has 0 fully saturated rings. The fraction of sp³-hybridized carbons (Fsp3) is 0.833. The minimum atomic E-state index is -1.16. The first kappa shape index (κ1) is 39.1. The van der Waals surface area contributed by atoms with Crippen LogP contribution in [0.1, 0.15) is 120 Å². The van der Waals surface area contributed by atoms with Crippen molar-refractivity contribution in [2.24, 2.45) is 5.73 Å². The maximum Gasteiger partial charge on any atom is 0.329 e. The maximum atomic E-state index is 13.0. The van der Waals surface area contributed by atoms with Gasteiger partial charge in [-0.05, 0) is 107 Å². The molecule has 0 bridgehead atoms. The number of amides is 3. The first-order valence-electron chi connectivity index (χ1n) is 14.9. The first-order valence-corrected chi connectivity index (χ1v) is 14.9. The molecule has 3 amide bonds. The van der Waals surface area contributed by atoms with Crippen molar-refractivity contribution in [3.8, 4) is 0 Å². The zero-order valence-electron chi connectivity index (χ0n) is 27.3. The van der Waals surface area contributed by atoms with Crippen LogP contribution in [-0.2, 0) is 33.4 Å². The van der Waals surface area contributed by atoms with Gasteiger partial charge in [0.2, 0.25) is 5.91 Å². The summed E-state index contributed by atoms with van der Waals surface area (Å²) in [5.74, 6) is -1.89. The van der Waals surface area contributed by atoms with Crippen LogP contribution in [-0.4, -0.2) is 71.8 Å². The fourth-order valence-corrected chi connectivity index (χ4v) is 3.65. The highest BCUT2D eigenvalue weighted by molar-refractivity contribution is 5.87. The van der Waals surface area contributed by atoms with Crippen LogP contribution in [0.15, 0.2) is 0 Å². The quantitative estimate of drug-likeness (QED) is 0.110. The third-order valence-corrected chi connectivity index (χ3v) is 5.40. The normalized spacial score (nSPS) is 13.4. The zero-order valence-corrected chi connectivity index (χ0v) is 27.3. The molecule has 0 aromatic heterocycles. The van der Waals surface area contributed by atoms with Gasteiger partial charge in [0.05, 0.1) is 0 Å². The molecule has 42 heavy (non-hydrogen) atoms. The van der Waals surface area contributed by atoms with E-state index in [4.69, 9.17) is 19.9 Å². The van der Waals surface area contributed by atoms with Gasteiger partial charge in [-0.25, -0.2) is 14.4 Å². The Morgan fingerprint density at radius 1 is 0.619 bits per heavy atom. The second-order valence-electron chi connectivity index (χ2n) is 13.4. The lowest BCUT2D eigenvalue weighted by Crippen LogP contribution is -2.53. The lowest BCUT2D eigenvalue weighted by Gasteiger charge is -2.27. The average molecular weight is 601 g/mol. The summed E-state index contributed by atoms with van der Waals surface area (Å²) in [5.41, 5.74) is 3.17. The molecular weight excluding hydrogens is 544 g/mol. The van der Waals surface area contributed by atoms with Crippen molar-refractivity contribution in [2.45, 2.75) is 149 Å². The molecule has 2 atom stereocenters. The van der Waals surface area contributed by atoms with Crippen molar-refractivity contribution >= 4 is 29.8 Å². The van der Waals surface area contributed by atoms with E-state index < -0.39 is 52.8 Å². The van der Waals surface area contributed by atoms with Crippen LogP contribution in [0.5, 0.6) is 0 Å². The van der Waals surface area contributed by atoms with Crippen LogP contribution in [0.4, 0.5) is 4.79 Å². The Kier molecular flexibility index (Phi) is 17.3. The van der Waals surface area contributed by atoms with Gasteiger partial charge in [-0.2, -0.15) is 0 Å². The summed E-state index contributed by atoms with van der Waals surface area (Å²) < 4.78 is 16.2. The molecule has 12 heteroatoms. The van der Waals surface area contributed by atoms with E-state index in [1.807, 2.05) is 0 Å². The molecule has 0 radical (unpaired) electrons. The van der Waals surface area contributed by atoms with Gasteiger partial charge >= 0.3 is 23.9 Å². The Labute approximate surface area is 251 Å². The minimum Gasteiger partial charge on any atom is -0.460 e. The Balaban J connectivity index is 5.26. The van der Waals surface area contributed by atoms with Crippen molar-refractivity contribution in [1.82, 2.24) is 16.0 Å². The summed E-state index contributed by atoms with van der Waals surface area (Å²) in [4.78, 5) is 63.0. The second-order valence-corrected chi connectivity index (χ2v) is 13.4. The molecule has 0 aliphatic carbocycles. The molecule has 244 valence electrons. The minimum absolute atomic E-state index is 0.0345.